The number of nitrogens with one attached hydrogen (secondary N) is 2. The SMILES string of the molecule is O=C1CCC(N2C(=O)c3cccc(NCCOCCOCCOCCOCCOCCOCCOCCOCCOCCOC(=O)CCC(=O)C(=O)O)c3C2=O)C(=O)N1. The van der Waals surface area contributed by atoms with Gasteiger partial charge < -0.3 is 57.8 Å². The van der Waals surface area contributed by atoms with Gasteiger partial charge in [-0.25, -0.2) is 4.79 Å². The molecule has 3 rings (SSSR count). The first kappa shape index (κ1) is 48.9. The third-order valence-corrected chi connectivity index (χ3v) is 8.29. The second-order valence-electron chi connectivity index (χ2n) is 12.6. The summed E-state index contributed by atoms with van der Waals surface area (Å²) >= 11 is 0. The van der Waals surface area contributed by atoms with Gasteiger partial charge in [-0.3, -0.25) is 39.0 Å². The zero-order valence-electron chi connectivity index (χ0n) is 33.1. The highest BCUT2D eigenvalue weighted by Crippen LogP contribution is 2.32. The highest BCUT2D eigenvalue weighted by atomic mass is 16.6. The summed E-state index contributed by atoms with van der Waals surface area (Å²) in [5.74, 6) is -5.48. The van der Waals surface area contributed by atoms with Crippen molar-refractivity contribution < 1.29 is 86.0 Å². The van der Waals surface area contributed by atoms with E-state index >= 15 is 0 Å². The topological polar surface area (TPSA) is 259 Å². The maximum Gasteiger partial charge on any atom is 0.372 e. The molecule has 1 aromatic carbocycles. The lowest BCUT2D eigenvalue weighted by Crippen LogP contribution is -2.54. The molecule has 59 heavy (non-hydrogen) atoms. The van der Waals surface area contributed by atoms with Crippen LogP contribution in [0.2, 0.25) is 0 Å². The van der Waals surface area contributed by atoms with Crippen LogP contribution in [-0.4, -0.2) is 189 Å². The Kier molecular flexibility index (Phi) is 24.6. The molecule has 0 bridgehead atoms. The molecular formula is C38H55N3O18. The first-order valence-corrected chi connectivity index (χ1v) is 19.4. The van der Waals surface area contributed by atoms with E-state index in [-0.39, 0.29) is 43.6 Å². The van der Waals surface area contributed by atoms with Gasteiger partial charge in [0.05, 0.1) is 136 Å². The number of benzene rings is 1. The fourth-order valence-electron chi connectivity index (χ4n) is 5.39. The number of aliphatic carboxylic acids is 1. The summed E-state index contributed by atoms with van der Waals surface area (Å²) in [6.45, 7) is 7.14. The standard InChI is InChI=1S/C38H55N3O18/c42-31(38(48)49)5-7-33(44)59-27-26-58-25-24-57-23-22-56-21-20-55-19-18-54-17-16-53-15-14-52-13-12-51-11-10-50-9-8-39-29-3-1-2-28-34(29)37(47)41(36(28)46)30-4-6-32(43)40-35(30)45/h1-3,30,39H,4-27H2,(H,48,49)(H,40,43,45). The van der Waals surface area contributed by atoms with Gasteiger partial charge >= 0.3 is 11.9 Å². The quantitative estimate of drug-likeness (QED) is 0.0337. The summed E-state index contributed by atoms with van der Waals surface area (Å²) < 4.78 is 53.8. The minimum atomic E-state index is -1.57. The molecule has 3 N–H and O–H groups in total. The van der Waals surface area contributed by atoms with Crippen LogP contribution >= 0.6 is 0 Å². The number of anilines is 1. The van der Waals surface area contributed by atoms with Crippen molar-refractivity contribution in [3.63, 3.8) is 0 Å². The van der Waals surface area contributed by atoms with Crippen LogP contribution in [0.5, 0.6) is 0 Å². The normalized spacial score (nSPS) is 15.1. The molecule has 1 fully saturated rings. The molecule has 2 heterocycles. The van der Waals surface area contributed by atoms with Crippen LogP contribution in [0.4, 0.5) is 5.69 Å². The van der Waals surface area contributed by atoms with E-state index in [1.807, 2.05) is 0 Å². The van der Waals surface area contributed by atoms with Gasteiger partial charge in [0.2, 0.25) is 17.6 Å². The van der Waals surface area contributed by atoms with Gasteiger partial charge in [0.1, 0.15) is 12.6 Å². The first-order valence-electron chi connectivity index (χ1n) is 19.4. The number of piperidine rings is 1. The van der Waals surface area contributed by atoms with E-state index in [2.05, 4.69) is 10.6 Å². The lowest BCUT2D eigenvalue weighted by molar-refractivity contribution is -0.151. The van der Waals surface area contributed by atoms with Crippen LogP contribution in [0, 0.1) is 0 Å². The molecule has 21 nitrogen and oxygen atoms in total. The van der Waals surface area contributed by atoms with Crippen LogP contribution in [-0.2, 0) is 71.3 Å². The summed E-state index contributed by atoms with van der Waals surface area (Å²) in [4.78, 5) is 83.6. The molecule has 0 spiro atoms. The van der Waals surface area contributed by atoms with Crippen molar-refractivity contribution in [2.75, 3.05) is 137 Å². The zero-order valence-corrected chi connectivity index (χ0v) is 33.1. The summed E-state index contributed by atoms with van der Waals surface area (Å²) in [6, 6.07) is 3.86. The summed E-state index contributed by atoms with van der Waals surface area (Å²) in [5.41, 5.74) is 0.869. The predicted molar refractivity (Wildman–Crippen MR) is 202 cm³/mol. The van der Waals surface area contributed by atoms with Gasteiger partial charge in [-0.05, 0) is 18.6 Å². The van der Waals surface area contributed by atoms with Gasteiger partial charge in [-0.2, -0.15) is 0 Å². The number of Topliss-reactive ketones (excluding diaryl/α,β-unsaturated/α-hetero) is 1. The van der Waals surface area contributed by atoms with E-state index in [0.29, 0.717) is 125 Å². The number of carbonyl (C=O) groups excluding carboxylic acids is 6. The molecule has 0 radical (unpaired) electrons. The molecule has 2 aliphatic rings. The van der Waals surface area contributed by atoms with E-state index in [1.165, 1.54) is 0 Å². The third kappa shape index (κ3) is 19.4. The van der Waals surface area contributed by atoms with Gasteiger partial charge in [-0.15, -0.1) is 0 Å². The van der Waals surface area contributed by atoms with Crippen LogP contribution in [0.3, 0.4) is 0 Å². The molecule has 0 aliphatic carbocycles. The third-order valence-electron chi connectivity index (χ3n) is 8.29. The number of imide groups is 2. The minimum Gasteiger partial charge on any atom is -0.476 e. The van der Waals surface area contributed by atoms with Crippen LogP contribution in [0.1, 0.15) is 46.4 Å². The van der Waals surface area contributed by atoms with Crippen molar-refractivity contribution in [1.82, 2.24) is 10.2 Å². The number of amides is 4. The number of carboxylic acids is 1. The minimum absolute atomic E-state index is 0.00239. The molecule has 4 amide bonds. The monoisotopic (exact) mass is 841 g/mol. The number of fused-ring (bicyclic) bond motifs is 1. The number of nitrogens with zero attached hydrogens (tertiary/aromatic N) is 1. The Morgan fingerprint density at radius 3 is 1.54 bits per heavy atom. The van der Waals surface area contributed by atoms with E-state index in [1.54, 1.807) is 18.2 Å². The van der Waals surface area contributed by atoms with E-state index < -0.39 is 53.8 Å². The van der Waals surface area contributed by atoms with E-state index in [9.17, 15) is 33.6 Å². The lowest BCUT2D eigenvalue weighted by atomic mass is 10.0. The van der Waals surface area contributed by atoms with E-state index in [4.69, 9.17) is 52.5 Å². The number of rotatable bonds is 36. The van der Waals surface area contributed by atoms with Crippen molar-refractivity contribution in [3.05, 3.63) is 29.3 Å². The maximum atomic E-state index is 13.2. The van der Waals surface area contributed by atoms with Crippen molar-refractivity contribution in [1.29, 1.82) is 0 Å². The van der Waals surface area contributed by atoms with Crippen molar-refractivity contribution in [2.24, 2.45) is 0 Å². The highest BCUT2D eigenvalue weighted by Gasteiger charge is 2.45. The lowest BCUT2D eigenvalue weighted by Gasteiger charge is -2.27. The van der Waals surface area contributed by atoms with Gasteiger partial charge in [0.25, 0.3) is 11.8 Å². The Morgan fingerprint density at radius 2 is 1.08 bits per heavy atom. The summed E-state index contributed by atoms with van der Waals surface area (Å²) in [5, 5.41) is 13.8. The largest absolute Gasteiger partial charge is 0.476 e. The number of hydrogen-bond acceptors (Lipinski definition) is 18. The van der Waals surface area contributed by atoms with Gasteiger partial charge in [-0.1, -0.05) is 6.07 Å². The molecule has 330 valence electrons. The first-order chi connectivity index (χ1) is 28.7. The highest BCUT2D eigenvalue weighted by molar-refractivity contribution is 6.32. The van der Waals surface area contributed by atoms with Crippen molar-refractivity contribution in [2.45, 2.75) is 31.7 Å². The predicted octanol–water partition coefficient (Wildman–Crippen LogP) is -0.374. The Hall–Kier alpha value is -4.45. The Labute approximate surface area is 341 Å². The summed E-state index contributed by atoms with van der Waals surface area (Å²) in [7, 11) is 0. The molecule has 1 saturated heterocycles. The molecule has 2 aliphatic heterocycles. The maximum absolute atomic E-state index is 13.2. The number of ether oxygens (including phenoxy) is 10. The van der Waals surface area contributed by atoms with E-state index in [0.717, 1.165) is 4.90 Å². The second kappa shape index (κ2) is 29.7. The van der Waals surface area contributed by atoms with Crippen LogP contribution in [0.15, 0.2) is 18.2 Å². The number of carbonyl (C=O) groups is 7. The van der Waals surface area contributed by atoms with Crippen molar-refractivity contribution >= 4 is 47.0 Å². The Balaban J connectivity index is 0.999. The van der Waals surface area contributed by atoms with Crippen LogP contribution in [0.25, 0.3) is 0 Å². The smallest absolute Gasteiger partial charge is 0.372 e. The van der Waals surface area contributed by atoms with Gasteiger partial charge in [0.15, 0.2) is 0 Å². The fraction of sp³-hybridized carbons (Fsp3) is 0.658. The number of esters is 1. The van der Waals surface area contributed by atoms with Gasteiger partial charge in [0, 0.05) is 25.1 Å². The molecule has 21 heteroatoms. The average Bonchev–Trinajstić information content (AvgIpc) is 3.47. The Bertz CT molecular complexity index is 1490. The molecule has 1 unspecified atom stereocenters. The van der Waals surface area contributed by atoms with Crippen LogP contribution < -0.4 is 10.6 Å². The molecule has 1 atom stereocenters. The average molecular weight is 842 g/mol. The summed E-state index contributed by atoms with van der Waals surface area (Å²) in [6.07, 6.45) is -0.539. The molecular weight excluding hydrogens is 786 g/mol. The molecule has 0 saturated carbocycles. The number of ketones is 1. The molecule has 0 aromatic heterocycles. The second-order valence-corrected chi connectivity index (χ2v) is 12.6. The Morgan fingerprint density at radius 1 is 0.627 bits per heavy atom. The fourth-order valence-corrected chi connectivity index (χ4v) is 5.39. The molecule has 1 aromatic rings. The van der Waals surface area contributed by atoms with Crippen molar-refractivity contribution in [3.8, 4) is 0 Å². The zero-order chi connectivity index (χ0) is 42.5. The number of hydrogen-bond donors (Lipinski definition) is 3. The number of carboxylic acid groups (broad SMARTS) is 1.